The number of carbonyl (C=O) groups is 1. The van der Waals surface area contributed by atoms with Crippen molar-refractivity contribution in [3.05, 3.63) is 59.0 Å². The Labute approximate surface area is 120 Å². The van der Waals surface area contributed by atoms with E-state index in [9.17, 15) is 4.79 Å². The van der Waals surface area contributed by atoms with Crippen molar-refractivity contribution in [2.45, 2.75) is 6.54 Å². The molecule has 6 heteroatoms. The van der Waals surface area contributed by atoms with Crippen molar-refractivity contribution in [1.29, 1.82) is 0 Å². The molecule has 0 aliphatic rings. The molecule has 0 spiro atoms. The van der Waals surface area contributed by atoms with E-state index in [0.29, 0.717) is 22.8 Å². The van der Waals surface area contributed by atoms with Crippen LogP contribution in [0.25, 0.3) is 10.9 Å². The molecule has 0 bridgehead atoms. The van der Waals surface area contributed by atoms with Crippen LogP contribution in [0.15, 0.2) is 42.6 Å². The molecule has 0 aliphatic heterocycles. The first kappa shape index (κ1) is 12.6. The van der Waals surface area contributed by atoms with Gasteiger partial charge in [0.2, 0.25) is 0 Å². The molecule has 1 aromatic carbocycles. The van der Waals surface area contributed by atoms with Crippen LogP contribution in [-0.4, -0.2) is 21.1 Å². The van der Waals surface area contributed by atoms with Crippen LogP contribution in [0.1, 0.15) is 16.2 Å². The van der Waals surface area contributed by atoms with Gasteiger partial charge in [0, 0.05) is 11.6 Å². The van der Waals surface area contributed by atoms with Gasteiger partial charge in [-0.05, 0) is 18.2 Å². The molecule has 0 radical (unpaired) electrons. The Balaban J connectivity index is 1.84. The SMILES string of the molecule is O=C(NCc1ccn[nH]1)c1cc(Cl)c2ccccc2n1. The molecular weight excluding hydrogens is 276 g/mol. The van der Waals surface area contributed by atoms with Gasteiger partial charge in [-0.3, -0.25) is 9.89 Å². The van der Waals surface area contributed by atoms with Gasteiger partial charge in [0.15, 0.2) is 0 Å². The minimum Gasteiger partial charge on any atom is -0.345 e. The predicted octanol–water partition coefficient (Wildman–Crippen LogP) is 2.54. The van der Waals surface area contributed by atoms with Crippen molar-refractivity contribution in [3.63, 3.8) is 0 Å². The maximum atomic E-state index is 12.1. The molecule has 0 saturated carbocycles. The first-order chi connectivity index (χ1) is 9.74. The summed E-state index contributed by atoms with van der Waals surface area (Å²) in [5.41, 5.74) is 1.82. The minimum atomic E-state index is -0.271. The zero-order valence-corrected chi connectivity index (χ0v) is 11.2. The fourth-order valence-corrected chi connectivity index (χ4v) is 2.16. The molecule has 2 N–H and O–H groups in total. The van der Waals surface area contributed by atoms with E-state index in [1.165, 1.54) is 0 Å². The molecule has 0 fully saturated rings. The summed E-state index contributed by atoms with van der Waals surface area (Å²) in [5, 5.41) is 10.7. The summed E-state index contributed by atoms with van der Waals surface area (Å²) >= 11 is 6.17. The van der Waals surface area contributed by atoms with E-state index in [-0.39, 0.29) is 5.91 Å². The lowest BCUT2D eigenvalue weighted by molar-refractivity contribution is 0.0946. The molecular formula is C14H11ClN4O. The van der Waals surface area contributed by atoms with Crippen molar-refractivity contribution < 1.29 is 4.79 Å². The number of hydrogen-bond acceptors (Lipinski definition) is 3. The van der Waals surface area contributed by atoms with Gasteiger partial charge < -0.3 is 5.32 Å². The molecule has 3 rings (SSSR count). The number of hydrogen-bond donors (Lipinski definition) is 2. The Morgan fingerprint density at radius 3 is 2.95 bits per heavy atom. The van der Waals surface area contributed by atoms with Crippen molar-refractivity contribution in [3.8, 4) is 0 Å². The second kappa shape index (κ2) is 5.30. The van der Waals surface area contributed by atoms with Crippen LogP contribution >= 0.6 is 11.6 Å². The molecule has 100 valence electrons. The van der Waals surface area contributed by atoms with Gasteiger partial charge in [-0.15, -0.1) is 0 Å². The van der Waals surface area contributed by atoms with Crippen LogP contribution < -0.4 is 5.32 Å². The van der Waals surface area contributed by atoms with Crippen molar-refractivity contribution >= 4 is 28.4 Å². The van der Waals surface area contributed by atoms with E-state index in [4.69, 9.17) is 11.6 Å². The Bertz CT molecular complexity index is 755. The Morgan fingerprint density at radius 1 is 1.30 bits per heavy atom. The van der Waals surface area contributed by atoms with Crippen LogP contribution in [-0.2, 0) is 6.54 Å². The largest absolute Gasteiger partial charge is 0.345 e. The van der Waals surface area contributed by atoms with Crippen LogP contribution in [0, 0.1) is 0 Å². The number of benzene rings is 1. The lowest BCUT2D eigenvalue weighted by atomic mass is 10.2. The number of nitrogens with zero attached hydrogens (tertiary/aromatic N) is 2. The maximum Gasteiger partial charge on any atom is 0.270 e. The molecule has 2 aromatic heterocycles. The number of nitrogens with one attached hydrogen (secondary N) is 2. The number of aromatic nitrogens is 3. The Kier molecular flexibility index (Phi) is 3.35. The van der Waals surface area contributed by atoms with Crippen molar-refractivity contribution in [1.82, 2.24) is 20.5 Å². The molecule has 0 saturated heterocycles. The van der Waals surface area contributed by atoms with Gasteiger partial charge in [-0.25, -0.2) is 4.98 Å². The number of carbonyl (C=O) groups excluding carboxylic acids is 1. The minimum absolute atomic E-state index is 0.271. The fraction of sp³-hybridized carbons (Fsp3) is 0.0714. The van der Waals surface area contributed by atoms with E-state index in [1.54, 1.807) is 18.3 Å². The van der Waals surface area contributed by atoms with E-state index < -0.39 is 0 Å². The zero-order chi connectivity index (χ0) is 13.9. The molecule has 5 nitrogen and oxygen atoms in total. The van der Waals surface area contributed by atoms with Gasteiger partial charge in [-0.2, -0.15) is 5.10 Å². The predicted molar refractivity (Wildman–Crippen MR) is 76.5 cm³/mol. The summed E-state index contributed by atoms with van der Waals surface area (Å²) in [6.45, 7) is 0.366. The standard InChI is InChI=1S/C14H11ClN4O/c15-11-7-13(18-12-4-2-1-3-10(11)12)14(20)16-8-9-5-6-17-19-9/h1-7H,8H2,(H,16,20)(H,17,19). The number of fused-ring (bicyclic) bond motifs is 1. The summed E-state index contributed by atoms with van der Waals surface area (Å²) < 4.78 is 0. The van der Waals surface area contributed by atoms with Crippen molar-refractivity contribution in [2.75, 3.05) is 0 Å². The van der Waals surface area contributed by atoms with Gasteiger partial charge >= 0.3 is 0 Å². The number of amides is 1. The number of rotatable bonds is 3. The monoisotopic (exact) mass is 286 g/mol. The van der Waals surface area contributed by atoms with Crippen LogP contribution in [0.4, 0.5) is 0 Å². The molecule has 20 heavy (non-hydrogen) atoms. The van der Waals surface area contributed by atoms with Crippen LogP contribution in [0.2, 0.25) is 5.02 Å². The lowest BCUT2D eigenvalue weighted by Gasteiger charge is -2.06. The number of halogens is 1. The van der Waals surface area contributed by atoms with Gasteiger partial charge in [0.05, 0.1) is 22.8 Å². The fourth-order valence-electron chi connectivity index (χ4n) is 1.90. The summed E-state index contributed by atoms with van der Waals surface area (Å²) in [7, 11) is 0. The second-order valence-electron chi connectivity index (χ2n) is 4.27. The number of H-pyrrole nitrogens is 1. The average Bonchev–Trinajstić information content (AvgIpc) is 2.98. The molecule has 2 heterocycles. The summed E-state index contributed by atoms with van der Waals surface area (Å²) in [4.78, 5) is 16.4. The number of aromatic amines is 1. The van der Waals surface area contributed by atoms with Crippen LogP contribution in [0.3, 0.4) is 0 Å². The van der Waals surface area contributed by atoms with E-state index in [0.717, 1.165) is 11.1 Å². The van der Waals surface area contributed by atoms with E-state index in [2.05, 4.69) is 20.5 Å². The molecule has 3 aromatic rings. The Morgan fingerprint density at radius 2 is 2.15 bits per heavy atom. The number of pyridine rings is 1. The second-order valence-corrected chi connectivity index (χ2v) is 4.68. The van der Waals surface area contributed by atoms with Gasteiger partial charge in [-0.1, -0.05) is 29.8 Å². The summed E-state index contributed by atoms with van der Waals surface area (Å²) in [6.07, 6.45) is 1.63. The third-order valence-electron chi connectivity index (χ3n) is 2.90. The third-order valence-corrected chi connectivity index (χ3v) is 3.21. The smallest absolute Gasteiger partial charge is 0.270 e. The zero-order valence-electron chi connectivity index (χ0n) is 10.4. The van der Waals surface area contributed by atoms with Crippen molar-refractivity contribution in [2.24, 2.45) is 0 Å². The molecule has 0 unspecified atom stereocenters. The highest BCUT2D eigenvalue weighted by atomic mass is 35.5. The highest BCUT2D eigenvalue weighted by Gasteiger charge is 2.11. The van der Waals surface area contributed by atoms with Gasteiger partial charge in [0.1, 0.15) is 5.69 Å². The van der Waals surface area contributed by atoms with E-state index in [1.807, 2.05) is 24.3 Å². The molecule has 0 aliphatic carbocycles. The first-order valence-corrected chi connectivity index (χ1v) is 6.43. The molecule has 0 atom stereocenters. The highest BCUT2D eigenvalue weighted by Crippen LogP contribution is 2.22. The third kappa shape index (κ3) is 2.48. The Hall–Kier alpha value is -2.40. The van der Waals surface area contributed by atoms with Crippen LogP contribution in [0.5, 0.6) is 0 Å². The quantitative estimate of drug-likeness (QED) is 0.777. The van der Waals surface area contributed by atoms with E-state index >= 15 is 0 Å². The lowest BCUT2D eigenvalue weighted by Crippen LogP contribution is -2.24. The maximum absolute atomic E-state index is 12.1. The number of para-hydroxylation sites is 1. The highest BCUT2D eigenvalue weighted by molar-refractivity contribution is 6.35. The summed E-state index contributed by atoms with van der Waals surface area (Å²) in [6, 6.07) is 10.8. The average molecular weight is 287 g/mol. The first-order valence-electron chi connectivity index (χ1n) is 6.06. The summed E-state index contributed by atoms with van der Waals surface area (Å²) in [5.74, 6) is -0.271. The topological polar surface area (TPSA) is 70.7 Å². The normalized spacial score (nSPS) is 10.7. The van der Waals surface area contributed by atoms with Gasteiger partial charge in [0.25, 0.3) is 5.91 Å². The molecule has 1 amide bonds.